The molecule has 6 nitrogen and oxygen atoms in total. The Bertz CT molecular complexity index is 177. The van der Waals surface area contributed by atoms with E-state index in [1.807, 2.05) is 0 Å². The highest BCUT2D eigenvalue weighted by atomic mass is 16.5. The summed E-state index contributed by atoms with van der Waals surface area (Å²) in [6, 6.07) is 0. The summed E-state index contributed by atoms with van der Waals surface area (Å²) in [7, 11) is 0. The van der Waals surface area contributed by atoms with Gasteiger partial charge in [0, 0.05) is 6.54 Å². The number of hydrogen-bond acceptors (Lipinski definition) is 6. The first kappa shape index (κ1) is 11.8. The molecule has 6 heteroatoms. The molecule has 5 atom stereocenters. The molecule has 2 unspecified atom stereocenters. The molecule has 1 fully saturated rings. The van der Waals surface area contributed by atoms with Crippen LogP contribution in [0, 0.1) is 0 Å². The number of ether oxygens (including phenoxy) is 1. The molecule has 0 saturated carbocycles. The third kappa shape index (κ3) is 2.88. The molecule has 1 rings (SSSR count). The van der Waals surface area contributed by atoms with Gasteiger partial charge in [-0.15, -0.1) is 0 Å². The lowest BCUT2D eigenvalue weighted by molar-refractivity contribution is -0.195. The van der Waals surface area contributed by atoms with Crippen molar-refractivity contribution in [2.24, 2.45) is 0 Å². The molecule has 1 aliphatic rings. The fraction of sp³-hybridized carbons (Fsp3) is 1.00. The van der Waals surface area contributed by atoms with Gasteiger partial charge in [0.25, 0.3) is 0 Å². The van der Waals surface area contributed by atoms with Gasteiger partial charge in [0.05, 0.1) is 12.7 Å². The molecular weight excluding hydrogens is 190 g/mol. The Morgan fingerprint density at radius 2 is 2.00 bits per heavy atom. The molecule has 84 valence electrons. The summed E-state index contributed by atoms with van der Waals surface area (Å²) in [6.07, 6.45) is -4.76. The monoisotopic (exact) mass is 207 g/mol. The Kier molecular flexibility index (Phi) is 4.24. The maximum atomic E-state index is 9.44. The third-order valence-corrected chi connectivity index (χ3v) is 2.12. The van der Waals surface area contributed by atoms with E-state index in [0.29, 0.717) is 0 Å². The average Bonchev–Trinajstić information content (AvgIpc) is 2.13. The lowest BCUT2D eigenvalue weighted by Gasteiger charge is -2.35. The van der Waals surface area contributed by atoms with Gasteiger partial charge < -0.3 is 25.2 Å². The molecule has 0 aliphatic carbocycles. The molecule has 0 aromatic carbocycles. The van der Waals surface area contributed by atoms with Crippen molar-refractivity contribution in [3.05, 3.63) is 0 Å². The second-order valence-electron chi connectivity index (χ2n) is 3.56. The minimum atomic E-state index is -1.21. The fourth-order valence-electron chi connectivity index (χ4n) is 1.27. The summed E-state index contributed by atoms with van der Waals surface area (Å²) in [5.41, 5.74) is 0. The van der Waals surface area contributed by atoms with Crippen molar-refractivity contribution >= 4 is 0 Å². The molecule has 5 N–H and O–H groups in total. The average molecular weight is 207 g/mol. The van der Waals surface area contributed by atoms with Crippen LogP contribution in [-0.4, -0.2) is 64.2 Å². The quantitative estimate of drug-likeness (QED) is 0.348. The predicted octanol–water partition coefficient (Wildman–Crippen LogP) is -2.60. The fourth-order valence-corrected chi connectivity index (χ4v) is 1.27. The molecule has 0 aromatic rings. The zero-order valence-corrected chi connectivity index (χ0v) is 8.00. The number of aliphatic hydroxyl groups excluding tert-OH is 4. The van der Waals surface area contributed by atoms with E-state index in [4.69, 9.17) is 14.9 Å². The molecule has 1 saturated heterocycles. The molecule has 0 amide bonds. The van der Waals surface area contributed by atoms with E-state index >= 15 is 0 Å². The lowest BCUT2D eigenvalue weighted by Crippen LogP contribution is -2.58. The van der Waals surface area contributed by atoms with Gasteiger partial charge in [-0.1, -0.05) is 0 Å². The summed E-state index contributed by atoms with van der Waals surface area (Å²) in [5, 5.41) is 39.6. The van der Waals surface area contributed by atoms with Crippen molar-refractivity contribution < 1.29 is 25.2 Å². The van der Waals surface area contributed by atoms with Crippen molar-refractivity contribution in [1.29, 1.82) is 0 Å². The first-order valence-electron chi connectivity index (χ1n) is 4.59. The highest BCUT2D eigenvalue weighted by Gasteiger charge is 2.37. The Labute approximate surface area is 82.1 Å². The zero-order chi connectivity index (χ0) is 10.7. The smallest absolute Gasteiger partial charge is 0.137 e. The van der Waals surface area contributed by atoms with Crippen molar-refractivity contribution in [3.8, 4) is 0 Å². The summed E-state index contributed by atoms with van der Waals surface area (Å²) in [4.78, 5) is 0. The maximum absolute atomic E-state index is 9.44. The van der Waals surface area contributed by atoms with Crippen molar-refractivity contribution in [2.45, 2.75) is 37.6 Å². The zero-order valence-electron chi connectivity index (χ0n) is 8.00. The Hall–Kier alpha value is -0.240. The van der Waals surface area contributed by atoms with Crippen molar-refractivity contribution in [2.75, 3.05) is 13.2 Å². The molecule has 0 spiro atoms. The molecule has 14 heavy (non-hydrogen) atoms. The van der Waals surface area contributed by atoms with Crippen LogP contribution >= 0.6 is 0 Å². The van der Waals surface area contributed by atoms with E-state index in [1.54, 1.807) is 6.92 Å². The minimum Gasteiger partial charge on any atom is -0.392 e. The largest absolute Gasteiger partial charge is 0.392 e. The number of rotatable bonds is 3. The predicted molar refractivity (Wildman–Crippen MR) is 47.4 cm³/mol. The van der Waals surface area contributed by atoms with Crippen LogP contribution in [0.5, 0.6) is 0 Å². The van der Waals surface area contributed by atoms with Gasteiger partial charge >= 0.3 is 0 Å². The normalized spacial score (nSPS) is 40.9. The van der Waals surface area contributed by atoms with E-state index in [9.17, 15) is 10.2 Å². The topological polar surface area (TPSA) is 102 Å². The third-order valence-electron chi connectivity index (χ3n) is 2.12. The van der Waals surface area contributed by atoms with Gasteiger partial charge in [-0.2, -0.15) is 0 Å². The summed E-state index contributed by atoms with van der Waals surface area (Å²) in [5.74, 6) is 0. The summed E-state index contributed by atoms with van der Waals surface area (Å²) >= 11 is 0. The Morgan fingerprint density at radius 3 is 2.57 bits per heavy atom. The lowest BCUT2D eigenvalue weighted by atomic mass is 10.0. The van der Waals surface area contributed by atoms with Crippen molar-refractivity contribution in [3.63, 3.8) is 0 Å². The minimum absolute atomic E-state index is 0.0320. The van der Waals surface area contributed by atoms with Crippen LogP contribution in [-0.2, 0) is 4.74 Å². The first-order chi connectivity index (χ1) is 6.52. The van der Waals surface area contributed by atoms with Crippen LogP contribution < -0.4 is 5.32 Å². The van der Waals surface area contributed by atoms with Gasteiger partial charge in [-0.05, 0) is 6.92 Å². The SMILES string of the molecule is CC(O)CNC1OC[C@@H](O)[C@H](O)[C@H]1O. The van der Waals surface area contributed by atoms with Crippen LogP contribution in [0.1, 0.15) is 6.92 Å². The van der Waals surface area contributed by atoms with Crippen LogP contribution in [0.4, 0.5) is 0 Å². The van der Waals surface area contributed by atoms with Gasteiger partial charge in [0.1, 0.15) is 24.5 Å². The van der Waals surface area contributed by atoms with Crippen LogP contribution in [0.2, 0.25) is 0 Å². The number of hydrogen-bond donors (Lipinski definition) is 5. The second-order valence-corrected chi connectivity index (χ2v) is 3.56. The number of aliphatic hydroxyl groups is 4. The van der Waals surface area contributed by atoms with Gasteiger partial charge in [-0.3, -0.25) is 5.32 Å². The van der Waals surface area contributed by atoms with Crippen LogP contribution in [0.3, 0.4) is 0 Å². The van der Waals surface area contributed by atoms with Gasteiger partial charge in [-0.25, -0.2) is 0 Å². The van der Waals surface area contributed by atoms with Gasteiger partial charge in [0.2, 0.25) is 0 Å². The molecule has 1 aliphatic heterocycles. The van der Waals surface area contributed by atoms with E-state index in [1.165, 1.54) is 0 Å². The van der Waals surface area contributed by atoms with E-state index in [2.05, 4.69) is 5.32 Å². The first-order valence-corrected chi connectivity index (χ1v) is 4.59. The van der Waals surface area contributed by atoms with Gasteiger partial charge in [0.15, 0.2) is 0 Å². The second kappa shape index (κ2) is 5.01. The molecular formula is C8H17NO5. The van der Waals surface area contributed by atoms with E-state index in [-0.39, 0.29) is 13.2 Å². The summed E-state index contributed by atoms with van der Waals surface area (Å²) < 4.78 is 5.04. The van der Waals surface area contributed by atoms with Crippen LogP contribution in [0.15, 0.2) is 0 Å². The van der Waals surface area contributed by atoms with E-state index in [0.717, 1.165) is 0 Å². The van der Waals surface area contributed by atoms with E-state index < -0.39 is 30.6 Å². The molecule has 1 heterocycles. The van der Waals surface area contributed by atoms with Crippen LogP contribution in [0.25, 0.3) is 0 Å². The summed E-state index contributed by atoms with van der Waals surface area (Å²) in [6.45, 7) is 1.81. The van der Waals surface area contributed by atoms with Crippen molar-refractivity contribution in [1.82, 2.24) is 5.32 Å². The highest BCUT2D eigenvalue weighted by Crippen LogP contribution is 2.13. The Morgan fingerprint density at radius 1 is 1.36 bits per heavy atom. The highest BCUT2D eigenvalue weighted by molar-refractivity contribution is 4.85. The number of nitrogens with one attached hydrogen (secondary N) is 1. The Balaban J connectivity index is 2.39. The molecule has 0 aromatic heterocycles. The molecule has 0 bridgehead atoms. The molecule has 0 radical (unpaired) electrons. The maximum Gasteiger partial charge on any atom is 0.137 e. The standard InChI is InChI=1S/C8H17NO5/c1-4(10)2-9-8-7(13)6(12)5(11)3-14-8/h4-13H,2-3H2,1H3/t4?,5-,6+,7-,8?/m1/s1.